The predicted octanol–water partition coefficient (Wildman–Crippen LogP) is 4.83. The molecular weight excluding hydrogens is 344 g/mol. The summed E-state index contributed by atoms with van der Waals surface area (Å²) in [6.45, 7) is 7.45. The summed E-state index contributed by atoms with van der Waals surface area (Å²) >= 11 is 6.07. The maximum absolute atomic E-state index is 12.4. The van der Waals surface area contributed by atoms with Gasteiger partial charge < -0.3 is 9.80 Å². The smallest absolute Gasteiger partial charge is 0.246 e. The Bertz CT molecular complexity index is 775. The SMILES string of the molecule is CC(C)c1ccc(C=CC(=O)N2CCN(c3cccc(Cl)c3)CC2)cc1. The molecule has 0 saturated carbocycles. The second kappa shape index (κ2) is 8.41. The number of amides is 1. The number of piperazine rings is 1. The molecule has 3 nitrogen and oxygen atoms in total. The third-order valence-electron chi connectivity index (χ3n) is 4.79. The molecule has 3 rings (SSSR count). The molecule has 0 bridgehead atoms. The molecule has 1 amide bonds. The minimum atomic E-state index is 0.0729. The number of benzene rings is 2. The molecule has 1 aliphatic rings. The maximum Gasteiger partial charge on any atom is 0.246 e. The zero-order valence-electron chi connectivity index (χ0n) is 15.4. The highest BCUT2D eigenvalue weighted by atomic mass is 35.5. The van der Waals surface area contributed by atoms with Crippen molar-refractivity contribution in [3.63, 3.8) is 0 Å². The minimum absolute atomic E-state index is 0.0729. The van der Waals surface area contributed by atoms with Gasteiger partial charge >= 0.3 is 0 Å². The summed E-state index contributed by atoms with van der Waals surface area (Å²) in [5.74, 6) is 0.592. The van der Waals surface area contributed by atoms with Gasteiger partial charge in [-0.05, 0) is 41.3 Å². The monoisotopic (exact) mass is 368 g/mol. The van der Waals surface area contributed by atoms with E-state index in [9.17, 15) is 4.79 Å². The Morgan fingerprint density at radius 2 is 1.73 bits per heavy atom. The van der Waals surface area contributed by atoms with Gasteiger partial charge in [-0.3, -0.25) is 4.79 Å². The van der Waals surface area contributed by atoms with Crippen LogP contribution in [0.3, 0.4) is 0 Å². The molecule has 0 atom stereocenters. The van der Waals surface area contributed by atoms with Gasteiger partial charge in [-0.2, -0.15) is 0 Å². The average Bonchev–Trinajstić information content (AvgIpc) is 2.66. The van der Waals surface area contributed by atoms with Crippen molar-refractivity contribution >= 4 is 29.3 Å². The fourth-order valence-corrected chi connectivity index (χ4v) is 3.31. The first-order valence-electron chi connectivity index (χ1n) is 9.10. The normalized spacial score (nSPS) is 15.1. The van der Waals surface area contributed by atoms with Gasteiger partial charge in [-0.1, -0.05) is 55.8 Å². The largest absolute Gasteiger partial charge is 0.368 e. The van der Waals surface area contributed by atoms with Gasteiger partial charge in [0.2, 0.25) is 5.91 Å². The van der Waals surface area contributed by atoms with Gasteiger partial charge in [0.1, 0.15) is 0 Å². The highest BCUT2D eigenvalue weighted by molar-refractivity contribution is 6.30. The number of rotatable bonds is 4. The van der Waals surface area contributed by atoms with E-state index in [-0.39, 0.29) is 5.91 Å². The van der Waals surface area contributed by atoms with E-state index >= 15 is 0 Å². The predicted molar refractivity (Wildman–Crippen MR) is 110 cm³/mol. The van der Waals surface area contributed by atoms with Crippen LogP contribution < -0.4 is 4.90 Å². The lowest BCUT2D eigenvalue weighted by molar-refractivity contribution is -0.126. The molecule has 1 aliphatic heterocycles. The minimum Gasteiger partial charge on any atom is -0.368 e. The molecule has 136 valence electrons. The van der Waals surface area contributed by atoms with Crippen molar-refractivity contribution in [3.05, 3.63) is 70.8 Å². The molecule has 1 heterocycles. The van der Waals surface area contributed by atoms with Crippen LogP contribution >= 0.6 is 11.6 Å². The van der Waals surface area contributed by atoms with Crippen LogP contribution in [-0.4, -0.2) is 37.0 Å². The van der Waals surface area contributed by atoms with Crippen LogP contribution in [0.15, 0.2) is 54.6 Å². The first kappa shape index (κ1) is 18.5. The van der Waals surface area contributed by atoms with Gasteiger partial charge in [0, 0.05) is 43.0 Å². The lowest BCUT2D eigenvalue weighted by Crippen LogP contribution is -2.48. The fourth-order valence-electron chi connectivity index (χ4n) is 3.12. The third-order valence-corrected chi connectivity index (χ3v) is 5.02. The lowest BCUT2D eigenvalue weighted by Gasteiger charge is -2.35. The standard InChI is InChI=1S/C22H25ClN2O/c1-17(2)19-9-6-18(7-10-19)8-11-22(26)25-14-12-24(13-15-25)21-5-3-4-20(23)16-21/h3-11,16-17H,12-15H2,1-2H3. The molecule has 0 unspecified atom stereocenters. The molecular formula is C22H25ClN2O. The second-order valence-corrected chi connectivity index (χ2v) is 7.38. The number of hydrogen-bond donors (Lipinski definition) is 0. The van der Waals surface area contributed by atoms with Crippen LogP contribution in [0.2, 0.25) is 5.02 Å². The summed E-state index contributed by atoms with van der Waals surface area (Å²) in [6.07, 6.45) is 3.58. The lowest BCUT2D eigenvalue weighted by atomic mass is 10.0. The average molecular weight is 369 g/mol. The molecule has 0 aromatic heterocycles. The number of nitrogens with zero attached hydrogens (tertiary/aromatic N) is 2. The first-order chi connectivity index (χ1) is 12.5. The zero-order chi connectivity index (χ0) is 18.5. The van der Waals surface area contributed by atoms with E-state index in [2.05, 4.69) is 49.1 Å². The van der Waals surface area contributed by atoms with Crippen molar-refractivity contribution < 1.29 is 4.79 Å². The molecule has 0 radical (unpaired) electrons. The van der Waals surface area contributed by atoms with Crippen LogP contribution in [0, 0.1) is 0 Å². The fraction of sp³-hybridized carbons (Fsp3) is 0.318. The van der Waals surface area contributed by atoms with E-state index in [4.69, 9.17) is 11.6 Å². The van der Waals surface area contributed by atoms with Crippen molar-refractivity contribution in [3.8, 4) is 0 Å². The van der Waals surface area contributed by atoms with Crippen LogP contribution in [0.5, 0.6) is 0 Å². The molecule has 4 heteroatoms. The maximum atomic E-state index is 12.4. The van der Waals surface area contributed by atoms with Gasteiger partial charge in [-0.25, -0.2) is 0 Å². The van der Waals surface area contributed by atoms with E-state index in [1.54, 1.807) is 6.08 Å². The van der Waals surface area contributed by atoms with Crippen molar-refractivity contribution in [2.24, 2.45) is 0 Å². The molecule has 0 N–H and O–H groups in total. The second-order valence-electron chi connectivity index (χ2n) is 6.95. The van der Waals surface area contributed by atoms with Crippen molar-refractivity contribution in [1.82, 2.24) is 4.90 Å². The highest BCUT2D eigenvalue weighted by Gasteiger charge is 2.19. The number of carbonyl (C=O) groups excluding carboxylic acids is 1. The molecule has 1 saturated heterocycles. The Kier molecular flexibility index (Phi) is 6.00. The van der Waals surface area contributed by atoms with Gasteiger partial charge in [0.05, 0.1) is 0 Å². The third kappa shape index (κ3) is 4.67. The summed E-state index contributed by atoms with van der Waals surface area (Å²) in [4.78, 5) is 16.6. The summed E-state index contributed by atoms with van der Waals surface area (Å²) < 4.78 is 0. The zero-order valence-corrected chi connectivity index (χ0v) is 16.1. The molecule has 0 spiro atoms. The Hall–Kier alpha value is -2.26. The Balaban J connectivity index is 1.55. The molecule has 26 heavy (non-hydrogen) atoms. The van der Waals surface area contributed by atoms with Crippen LogP contribution in [0.25, 0.3) is 6.08 Å². The Morgan fingerprint density at radius 1 is 1.04 bits per heavy atom. The quantitative estimate of drug-likeness (QED) is 0.722. The number of hydrogen-bond acceptors (Lipinski definition) is 2. The summed E-state index contributed by atoms with van der Waals surface area (Å²) in [5.41, 5.74) is 3.48. The van der Waals surface area contributed by atoms with Crippen LogP contribution in [0.4, 0.5) is 5.69 Å². The van der Waals surface area contributed by atoms with Gasteiger partial charge in [-0.15, -0.1) is 0 Å². The Labute approximate surface area is 160 Å². The summed E-state index contributed by atoms with van der Waals surface area (Å²) in [6, 6.07) is 16.2. The number of anilines is 1. The van der Waals surface area contributed by atoms with E-state index in [1.807, 2.05) is 29.2 Å². The molecule has 1 fully saturated rings. The van der Waals surface area contributed by atoms with Crippen molar-refractivity contribution in [1.29, 1.82) is 0 Å². The number of halogens is 1. The first-order valence-corrected chi connectivity index (χ1v) is 9.48. The highest BCUT2D eigenvalue weighted by Crippen LogP contribution is 2.21. The summed E-state index contributed by atoms with van der Waals surface area (Å²) in [5, 5.41) is 0.743. The molecule has 2 aromatic carbocycles. The van der Waals surface area contributed by atoms with Crippen LogP contribution in [0.1, 0.15) is 30.9 Å². The Morgan fingerprint density at radius 3 is 2.35 bits per heavy atom. The van der Waals surface area contributed by atoms with E-state index in [1.165, 1.54) is 5.56 Å². The topological polar surface area (TPSA) is 23.6 Å². The van der Waals surface area contributed by atoms with E-state index in [0.29, 0.717) is 5.92 Å². The molecule has 0 aliphatic carbocycles. The van der Waals surface area contributed by atoms with Gasteiger partial charge in [0.15, 0.2) is 0 Å². The van der Waals surface area contributed by atoms with E-state index < -0.39 is 0 Å². The van der Waals surface area contributed by atoms with Crippen molar-refractivity contribution in [2.75, 3.05) is 31.1 Å². The molecule has 2 aromatic rings. The van der Waals surface area contributed by atoms with Gasteiger partial charge in [0.25, 0.3) is 0 Å². The number of carbonyl (C=O) groups is 1. The van der Waals surface area contributed by atoms with Crippen molar-refractivity contribution in [2.45, 2.75) is 19.8 Å². The summed E-state index contributed by atoms with van der Waals surface area (Å²) in [7, 11) is 0. The van der Waals surface area contributed by atoms with Crippen LogP contribution in [-0.2, 0) is 4.79 Å². The van der Waals surface area contributed by atoms with E-state index in [0.717, 1.165) is 42.5 Å².